The molecule has 3 nitrogen and oxygen atoms in total. The molecule has 1 saturated carbocycles. The summed E-state index contributed by atoms with van der Waals surface area (Å²) < 4.78 is 12.5. The number of ether oxygens (including phenoxy) is 1. The van der Waals surface area contributed by atoms with Crippen LogP contribution in [-0.2, 0) is 9.16 Å². The molecule has 3 rings (SSSR count). The lowest BCUT2D eigenvalue weighted by Crippen LogP contribution is -2.42. The lowest BCUT2D eigenvalue weighted by molar-refractivity contribution is 0.0150. The summed E-state index contributed by atoms with van der Waals surface area (Å²) in [5.41, 5.74) is 2.94. The normalized spacial score (nSPS) is 19.6. The lowest BCUT2D eigenvalue weighted by Gasteiger charge is -2.37. The van der Waals surface area contributed by atoms with E-state index in [1.807, 2.05) is 42.5 Å². The molecule has 0 aromatic heterocycles. The van der Waals surface area contributed by atoms with Crippen molar-refractivity contribution in [1.82, 2.24) is 0 Å². The zero-order chi connectivity index (χ0) is 26.2. The summed E-state index contributed by atoms with van der Waals surface area (Å²) >= 11 is 0. The minimum Gasteiger partial charge on any atom is -0.451 e. The number of hydrogen-bond acceptors (Lipinski definition) is 3. The van der Waals surface area contributed by atoms with Crippen molar-refractivity contribution in [3.05, 3.63) is 71.3 Å². The average molecular weight is 509 g/mol. The highest BCUT2D eigenvalue weighted by molar-refractivity contribution is 6.74. The van der Waals surface area contributed by atoms with Gasteiger partial charge in [-0.15, -0.1) is 0 Å². The van der Waals surface area contributed by atoms with Gasteiger partial charge in [0.05, 0.1) is 12.2 Å². The summed E-state index contributed by atoms with van der Waals surface area (Å²) in [6.07, 6.45) is 10.2. The maximum Gasteiger partial charge on any atom is 0.338 e. The molecule has 0 amide bonds. The van der Waals surface area contributed by atoms with Gasteiger partial charge in [-0.25, -0.2) is 4.79 Å². The van der Waals surface area contributed by atoms with Crippen molar-refractivity contribution in [3.8, 4) is 0 Å². The monoisotopic (exact) mass is 508 g/mol. The molecule has 0 radical (unpaired) electrons. The summed E-state index contributed by atoms with van der Waals surface area (Å²) in [7, 11) is -1.96. The fourth-order valence-electron chi connectivity index (χ4n) is 4.92. The lowest BCUT2D eigenvalue weighted by atomic mass is 9.77. The number of carbonyl (C=O) groups is 1. The fraction of sp³-hybridized carbons (Fsp3) is 0.594. The van der Waals surface area contributed by atoms with Gasteiger partial charge < -0.3 is 9.16 Å². The van der Waals surface area contributed by atoms with E-state index < -0.39 is 14.4 Å². The Balaban J connectivity index is 1.61. The zero-order valence-electron chi connectivity index (χ0n) is 23.5. The van der Waals surface area contributed by atoms with E-state index >= 15 is 0 Å². The zero-order valence-corrected chi connectivity index (χ0v) is 24.5. The van der Waals surface area contributed by atoms with Crippen LogP contribution >= 0.6 is 0 Å². The Morgan fingerprint density at radius 1 is 0.944 bits per heavy atom. The largest absolute Gasteiger partial charge is 0.451 e. The van der Waals surface area contributed by atoms with E-state index in [1.54, 1.807) is 0 Å². The van der Waals surface area contributed by atoms with E-state index in [0.29, 0.717) is 18.1 Å². The maximum atomic E-state index is 13.1. The van der Waals surface area contributed by atoms with Crippen molar-refractivity contribution < 1.29 is 14.0 Å². The van der Waals surface area contributed by atoms with Crippen LogP contribution in [0.3, 0.4) is 0 Å². The Labute approximate surface area is 221 Å². The smallest absolute Gasteiger partial charge is 0.338 e. The van der Waals surface area contributed by atoms with E-state index in [-0.39, 0.29) is 11.0 Å². The quantitative estimate of drug-likeness (QED) is 0.172. The first-order chi connectivity index (χ1) is 17.1. The molecule has 1 atom stereocenters. The van der Waals surface area contributed by atoms with Crippen LogP contribution in [0, 0.1) is 5.92 Å². The molecule has 0 spiro atoms. The predicted octanol–water partition coefficient (Wildman–Crippen LogP) is 9.46. The molecule has 2 aromatic carbocycles. The molecule has 1 fully saturated rings. The number of carbonyl (C=O) groups excluding carboxylic acids is 1. The fourth-order valence-corrected chi connectivity index (χ4v) is 5.92. The second-order valence-corrected chi connectivity index (χ2v) is 17.0. The molecule has 1 aliphatic carbocycles. The third-order valence-electron chi connectivity index (χ3n) is 8.50. The molecule has 0 saturated heterocycles. The number of rotatable bonds is 11. The Morgan fingerprint density at radius 3 is 2.17 bits per heavy atom. The first kappa shape index (κ1) is 28.7. The topological polar surface area (TPSA) is 35.5 Å². The minimum atomic E-state index is -1.96. The first-order valence-corrected chi connectivity index (χ1v) is 17.0. The summed E-state index contributed by atoms with van der Waals surface area (Å²) in [5, 5.41) is 0.0999. The van der Waals surface area contributed by atoms with Crippen molar-refractivity contribution in [3.63, 3.8) is 0 Å². The van der Waals surface area contributed by atoms with E-state index in [4.69, 9.17) is 9.16 Å². The summed E-state index contributed by atoms with van der Waals surface area (Å²) in [4.78, 5) is 13.1. The molecule has 0 unspecified atom stereocenters. The third kappa shape index (κ3) is 8.04. The number of benzene rings is 2. The van der Waals surface area contributed by atoms with Crippen LogP contribution in [0.25, 0.3) is 0 Å². The molecule has 36 heavy (non-hydrogen) atoms. The van der Waals surface area contributed by atoms with Crippen LogP contribution in [0.15, 0.2) is 54.6 Å². The Kier molecular flexibility index (Phi) is 10.4. The number of esters is 1. The van der Waals surface area contributed by atoms with Gasteiger partial charge >= 0.3 is 5.97 Å². The highest BCUT2D eigenvalue weighted by Crippen LogP contribution is 2.39. The molecule has 4 heteroatoms. The molecule has 0 N–H and O–H groups in total. The molecule has 0 heterocycles. The van der Waals surface area contributed by atoms with E-state index in [9.17, 15) is 4.79 Å². The van der Waals surface area contributed by atoms with Gasteiger partial charge in [0, 0.05) is 0 Å². The highest BCUT2D eigenvalue weighted by atomic mass is 28.4. The SMILES string of the molecule is CCCCCC1CCC(c2ccc(C(=O)O[C@H](CO[Si](C)(C)C(C)(C)C)c3ccccc3)cc2)CC1. The number of hydrogen-bond donors (Lipinski definition) is 0. The van der Waals surface area contributed by atoms with Gasteiger partial charge in [-0.1, -0.05) is 95.8 Å². The summed E-state index contributed by atoms with van der Waals surface area (Å²) in [5.74, 6) is 1.24. The van der Waals surface area contributed by atoms with Crippen molar-refractivity contribution in [2.75, 3.05) is 6.61 Å². The van der Waals surface area contributed by atoms with Gasteiger partial charge in [0.15, 0.2) is 8.32 Å². The molecule has 0 aliphatic heterocycles. The van der Waals surface area contributed by atoms with Crippen LogP contribution in [0.5, 0.6) is 0 Å². The van der Waals surface area contributed by atoms with Crippen LogP contribution < -0.4 is 0 Å². The average Bonchev–Trinajstić information content (AvgIpc) is 2.87. The van der Waals surface area contributed by atoms with Gasteiger partial charge in [-0.05, 0) is 78.9 Å². The van der Waals surface area contributed by atoms with Crippen LogP contribution in [-0.4, -0.2) is 20.9 Å². The van der Waals surface area contributed by atoms with Crippen LogP contribution in [0.1, 0.15) is 113 Å². The molecule has 0 bridgehead atoms. The van der Waals surface area contributed by atoms with Crippen LogP contribution in [0.4, 0.5) is 0 Å². The molecule has 2 aromatic rings. The van der Waals surface area contributed by atoms with Gasteiger partial charge in [0.2, 0.25) is 0 Å². The molecular weight excluding hydrogens is 460 g/mol. The Hall–Kier alpha value is -1.91. The van der Waals surface area contributed by atoms with E-state index in [0.717, 1.165) is 11.5 Å². The Bertz CT molecular complexity index is 922. The maximum absolute atomic E-state index is 13.1. The Morgan fingerprint density at radius 2 is 1.58 bits per heavy atom. The number of unbranched alkanes of at least 4 members (excludes halogenated alkanes) is 2. The molecule has 198 valence electrons. The van der Waals surface area contributed by atoms with Gasteiger partial charge in [-0.2, -0.15) is 0 Å². The minimum absolute atomic E-state index is 0.0999. The van der Waals surface area contributed by atoms with Crippen molar-refractivity contribution >= 4 is 14.3 Å². The highest BCUT2D eigenvalue weighted by Gasteiger charge is 2.38. The second-order valence-electron chi connectivity index (χ2n) is 12.2. The van der Waals surface area contributed by atoms with Crippen LogP contribution in [0.2, 0.25) is 18.1 Å². The van der Waals surface area contributed by atoms with Gasteiger partial charge in [0.25, 0.3) is 0 Å². The summed E-state index contributed by atoms with van der Waals surface area (Å²) in [6.45, 7) is 13.8. The van der Waals surface area contributed by atoms with Crippen molar-refractivity contribution in [2.45, 2.75) is 109 Å². The molecule has 1 aliphatic rings. The predicted molar refractivity (Wildman–Crippen MR) is 153 cm³/mol. The van der Waals surface area contributed by atoms with Crippen molar-refractivity contribution in [2.24, 2.45) is 5.92 Å². The first-order valence-electron chi connectivity index (χ1n) is 14.1. The van der Waals surface area contributed by atoms with E-state index in [2.05, 4.69) is 52.9 Å². The molecular formula is C32H48O3Si. The van der Waals surface area contributed by atoms with E-state index in [1.165, 1.54) is 56.9 Å². The standard InChI is InChI=1S/C32H48O3Si/c1-7-8-10-13-25-16-18-26(19-17-25)27-20-22-29(23-21-27)31(33)35-30(28-14-11-9-12-15-28)24-34-36(5,6)32(2,3)4/h9,11-12,14-15,20-23,25-26,30H,7-8,10,13,16-19,24H2,1-6H3/t25?,26?,30-/m1/s1. The third-order valence-corrected chi connectivity index (χ3v) is 13.0. The second kappa shape index (κ2) is 13.1. The van der Waals surface area contributed by atoms with Gasteiger partial charge in [-0.3, -0.25) is 0 Å². The summed E-state index contributed by atoms with van der Waals surface area (Å²) in [6, 6.07) is 18.1. The van der Waals surface area contributed by atoms with Crippen molar-refractivity contribution in [1.29, 1.82) is 0 Å². The van der Waals surface area contributed by atoms with Gasteiger partial charge in [0.1, 0.15) is 6.10 Å².